The van der Waals surface area contributed by atoms with Crippen molar-refractivity contribution in [3.8, 4) is 0 Å². The standard InChI is InChI=1S/C26H36N6O3/c1-5-9-22(25-28-29-30-32(25)16-23(33)35-6-2)31(21-10-7-8-11-21)15-20-14-19-13-17(3)12-18(4)24(19)27-26(20)34/h12-14,21-22H,5-11,15-16H2,1-4H3,(H,27,34)/t22-/m0/s1. The van der Waals surface area contributed by atoms with E-state index in [1.54, 1.807) is 11.6 Å². The van der Waals surface area contributed by atoms with Crippen LogP contribution in [0.25, 0.3) is 10.9 Å². The monoisotopic (exact) mass is 480 g/mol. The first kappa shape index (κ1) is 25.0. The Hall–Kier alpha value is -3.07. The van der Waals surface area contributed by atoms with Gasteiger partial charge in [0.2, 0.25) is 0 Å². The molecule has 1 atom stereocenters. The van der Waals surface area contributed by atoms with E-state index in [-0.39, 0.29) is 24.1 Å². The number of aromatic nitrogens is 5. The first-order valence-electron chi connectivity index (χ1n) is 12.7. The van der Waals surface area contributed by atoms with E-state index in [1.807, 2.05) is 13.0 Å². The number of nitrogens with one attached hydrogen (secondary N) is 1. The second-order valence-electron chi connectivity index (χ2n) is 9.58. The molecule has 1 N–H and O–H groups in total. The number of H-pyrrole nitrogens is 1. The third-order valence-corrected chi connectivity index (χ3v) is 6.92. The van der Waals surface area contributed by atoms with Crippen LogP contribution in [0.1, 0.15) is 80.9 Å². The average Bonchev–Trinajstić information content (AvgIpc) is 3.49. The predicted octanol–water partition coefficient (Wildman–Crippen LogP) is 3.98. The number of benzene rings is 1. The molecule has 0 amide bonds. The van der Waals surface area contributed by atoms with Crippen molar-refractivity contribution < 1.29 is 9.53 Å². The van der Waals surface area contributed by atoms with Crippen LogP contribution < -0.4 is 5.56 Å². The zero-order valence-electron chi connectivity index (χ0n) is 21.2. The van der Waals surface area contributed by atoms with Crippen molar-refractivity contribution in [2.45, 2.75) is 91.4 Å². The zero-order valence-corrected chi connectivity index (χ0v) is 21.2. The molecular weight excluding hydrogens is 444 g/mol. The Morgan fingerprint density at radius 2 is 2.00 bits per heavy atom. The summed E-state index contributed by atoms with van der Waals surface area (Å²) in [5, 5.41) is 13.4. The normalized spacial score (nSPS) is 15.2. The molecule has 1 aliphatic rings. The molecule has 35 heavy (non-hydrogen) atoms. The fourth-order valence-electron chi connectivity index (χ4n) is 5.38. The van der Waals surface area contributed by atoms with Gasteiger partial charge in [0.1, 0.15) is 6.54 Å². The first-order valence-corrected chi connectivity index (χ1v) is 12.7. The number of pyridine rings is 1. The summed E-state index contributed by atoms with van der Waals surface area (Å²) in [5.74, 6) is 0.288. The van der Waals surface area contributed by atoms with Crippen LogP contribution in [0, 0.1) is 13.8 Å². The minimum atomic E-state index is -0.361. The lowest BCUT2D eigenvalue weighted by Gasteiger charge is -2.35. The highest BCUT2D eigenvalue weighted by Crippen LogP contribution is 2.34. The number of nitrogens with zero attached hydrogens (tertiary/aromatic N) is 5. The summed E-state index contributed by atoms with van der Waals surface area (Å²) in [7, 11) is 0. The van der Waals surface area contributed by atoms with E-state index in [2.05, 4.69) is 51.4 Å². The maximum Gasteiger partial charge on any atom is 0.327 e. The molecule has 2 heterocycles. The van der Waals surface area contributed by atoms with Gasteiger partial charge in [-0.2, -0.15) is 0 Å². The van der Waals surface area contributed by atoms with Crippen LogP contribution in [0.2, 0.25) is 0 Å². The number of carbonyl (C=O) groups is 1. The van der Waals surface area contributed by atoms with E-state index >= 15 is 0 Å². The number of hydrogen-bond acceptors (Lipinski definition) is 7. The molecule has 188 valence electrons. The van der Waals surface area contributed by atoms with Crippen molar-refractivity contribution >= 4 is 16.9 Å². The Kier molecular flexibility index (Phi) is 7.95. The molecule has 4 rings (SSSR count). The maximum absolute atomic E-state index is 13.2. The van der Waals surface area contributed by atoms with Crippen LogP contribution in [-0.4, -0.2) is 48.7 Å². The van der Waals surface area contributed by atoms with Crippen molar-refractivity contribution in [3.05, 3.63) is 51.1 Å². The number of hydrogen-bond donors (Lipinski definition) is 1. The molecule has 1 saturated carbocycles. The minimum absolute atomic E-state index is 0.0238. The molecule has 1 aromatic carbocycles. The minimum Gasteiger partial charge on any atom is -0.465 e. The van der Waals surface area contributed by atoms with Crippen LogP contribution >= 0.6 is 0 Å². The van der Waals surface area contributed by atoms with Gasteiger partial charge in [-0.3, -0.25) is 14.5 Å². The number of aromatic amines is 1. The number of aryl methyl sites for hydroxylation is 2. The molecule has 3 aromatic rings. The summed E-state index contributed by atoms with van der Waals surface area (Å²) >= 11 is 0. The van der Waals surface area contributed by atoms with Gasteiger partial charge in [0.25, 0.3) is 5.56 Å². The Labute approximate surface area is 205 Å². The SMILES string of the molecule is CCC[C@@H](c1nnnn1CC(=O)OCC)N(Cc1cc2cc(C)cc(C)c2[nH]c1=O)C1CCCC1. The van der Waals surface area contributed by atoms with Crippen molar-refractivity contribution in [2.75, 3.05) is 6.61 Å². The molecule has 0 saturated heterocycles. The Bertz CT molecular complexity index is 1230. The molecule has 1 fully saturated rings. The second-order valence-corrected chi connectivity index (χ2v) is 9.58. The van der Waals surface area contributed by atoms with Crippen molar-refractivity contribution in [3.63, 3.8) is 0 Å². The highest BCUT2D eigenvalue weighted by molar-refractivity contribution is 5.82. The molecular formula is C26H36N6O3. The molecule has 9 heteroatoms. The zero-order chi connectivity index (χ0) is 24.9. The quantitative estimate of drug-likeness (QED) is 0.438. The van der Waals surface area contributed by atoms with E-state index in [4.69, 9.17) is 4.74 Å². The van der Waals surface area contributed by atoms with Crippen LogP contribution in [0.3, 0.4) is 0 Å². The molecule has 0 aliphatic heterocycles. The summed E-state index contributed by atoms with van der Waals surface area (Å²) < 4.78 is 6.68. The van der Waals surface area contributed by atoms with Crippen LogP contribution in [0.15, 0.2) is 23.0 Å². The van der Waals surface area contributed by atoms with E-state index in [0.717, 1.165) is 47.7 Å². The summed E-state index contributed by atoms with van der Waals surface area (Å²) in [6.07, 6.45) is 6.23. The average molecular weight is 481 g/mol. The van der Waals surface area contributed by atoms with Gasteiger partial charge in [0.05, 0.1) is 18.2 Å². The summed E-state index contributed by atoms with van der Waals surface area (Å²) in [5.41, 5.74) is 3.80. The van der Waals surface area contributed by atoms with Gasteiger partial charge in [0.15, 0.2) is 5.82 Å². The van der Waals surface area contributed by atoms with Crippen LogP contribution in [0.5, 0.6) is 0 Å². The van der Waals surface area contributed by atoms with E-state index in [1.165, 1.54) is 18.4 Å². The van der Waals surface area contributed by atoms with Gasteiger partial charge in [-0.25, -0.2) is 4.68 Å². The topological polar surface area (TPSA) is 106 Å². The predicted molar refractivity (Wildman–Crippen MR) is 134 cm³/mol. The lowest BCUT2D eigenvalue weighted by Crippen LogP contribution is -2.39. The summed E-state index contributed by atoms with van der Waals surface area (Å²) in [6, 6.07) is 6.45. The maximum atomic E-state index is 13.2. The van der Waals surface area contributed by atoms with E-state index in [0.29, 0.717) is 25.0 Å². The molecule has 1 aliphatic carbocycles. The highest BCUT2D eigenvalue weighted by Gasteiger charge is 2.33. The molecule has 0 bridgehead atoms. The van der Waals surface area contributed by atoms with E-state index in [9.17, 15) is 9.59 Å². The first-order chi connectivity index (χ1) is 16.9. The summed E-state index contributed by atoms with van der Waals surface area (Å²) in [6.45, 7) is 8.80. The van der Waals surface area contributed by atoms with Gasteiger partial charge in [-0.1, -0.05) is 37.8 Å². The molecule has 0 spiro atoms. The Morgan fingerprint density at radius 3 is 2.71 bits per heavy atom. The molecule has 9 nitrogen and oxygen atoms in total. The number of rotatable bonds is 10. The lowest BCUT2D eigenvalue weighted by molar-refractivity contribution is -0.144. The Balaban J connectivity index is 1.73. The molecule has 0 radical (unpaired) electrons. The number of esters is 1. The number of fused-ring (bicyclic) bond motifs is 1. The van der Waals surface area contributed by atoms with Crippen LogP contribution in [0.4, 0.5) is 0 Å². The smallest absolute Gasteiger partial charge is 0.327 e. The fourth-order valence-corrected chi connectivity index (χ4v) is 5.38. The number of ether oxygens (including phenoxy) is 1. The highest BCUT2D eigenvalue weighted by atomic mass is 16.5. The van der Waals surface area contributed by atoms with Gasteiger partial charge < -0.3 is 9.72 Å². The van der Waals surface area contributed by atoms with Gasteiger partial charge in [0, 0.05) is 18.2 Å². The van der Waals surface area contributed by atoms with E-state index < -0.39 is 0 Å². The van der Waals surface area contributed by atoms with Gasteiger partial charge >= 0.3 is 5.97 Å². The van der Waals surface area contributed by atoms with Crippen LogP contribution in [-0.2, 0) is 22.6 Å². The third kappa shape index (κ3) is 5.61. The summed E-state index contributed by atoms with van der Waals surface area (Å²) in [4.78, 5) is 30.9. The Morgan fingerprint density at radius 1 is 1.23 bits per heavy atom. The van der Waals surface area contributed by atoms with Crippen molar-refractivity contribution in [2.24, 2.45) is 0 Å². The largest absolute Gasteiger partial charge is 0.465 e. The van der Waals surface area contributed by atoms with Gasteiger partial charge in [-0.05, 0) is 73.5 Å². The third-order valence-electron chi connectivity index (χ3n) is 6.92. The fraction of sp³-hybridized carbons (Fsp3) is 0.577. The van der Waals surface area contributed by atoms with Gasteiger partial charge in [-0.15, -0.1) is 5.10 Å². The second kappa shape index (κ2) is 11.1. The molecule has 0 unspecified atom stereocenters. The lowest BCUT2D eigenvalue weighted by atomic mass is 10.0. The number of carbonyl (C=O) groups excluding carboxylic acids is 1. The molecule has 2 aromatic heterocycles. The number of tetrazole rings is 1. The van der Waals surface area contributed by atoms with Crippen molar-refractivity contribution in [1.29, 1.82) is 0 Å². The van der Waals surface area contributed by atoms with Crippen molar-refractivity contribution in [1.82, 2.24) is 30.1 Å².